The van der Waals surface area contributed by atoms with Crippen molar-refractivity contribution >= 4 is 21.5 Å². The van der Waals surface area contributed by atoms with E-state index in [0.29, 0.717) is 0 Å². The van der Waals surface area contributed by atoms with Gasteiger partial charge in [-0.3, -0.25) is 0 Å². The van der Waals surface area contributed by atoms with Crippen molar-refractivity contribution in [2.45, 2.75) is 5.41 Å². The summed E-state index contributed by atoms with van der Waals surface area (Å²) in [7, 11) is 0. The molecule has 2 heteroatoms. The normalized spacial score (nSPS) is 11.3. The van der Waals surface area contributed by atoms with E-state index in [0.717, 1.165) is 33.0 Å². The van der Waals surface area contributed by atoms with Crippen molar-refractivity contribution in [1.29, 1.82) is 0 Å². The summed E-state index contributed by atoms with van der Waals surface area (Å²) < 4.78 is 11.1. The highest BCUT2D eigenvalue weighted by atomic mass is 16.5. The van der Waals surface area contributed by atoms with E-state index in [9.17, 15) is 0 Å². The second-order valence-electron chi connectivity index (χ2n) is 9.50. The summed E-state index contributed by atoms with van der Waals surface area (Å²) in [5, 5.41) is 4.52. The van der Waals surface area contributed by atoms with Crippen LogP contribution in [-0.2, 0) is 5.41 Å². The monoisotopic (exact) mass is 504 g/mol. The Kier molecular flexibility index (Phi) is 6.44. The molecular weight excluding hydrogens is 476 g/mol. The van der Waals surface area contributed by atoms with Crippen LogP contribution in [0.5, 0.6) is 11.5 Å². The van der Waals surface area contributed by atoms with Gasteiger partial charge in [-0.2, -0.15) is 0 Å². The number of rotatable bonds is 8. The van der Waals surface area contributed by atoms with E-state index < -0.39 is 5.41 Å². The molecule has 0 radical (unpaired) electrons. The summed E-state index contributed by atoms with van der Waals surface area (Å²) in [4.78, 5) is 0. The van der Waals surface area contributed by atoms with Crippen molar-refractivity contribution in [2.75, 3.05) is 0 Å². The van der Waals surface area contributed by atoms with E-state index in [1.165, 1.54) is 34.8 Å². The third-order valence-corrected chi connectivity index (χ3v) is 7.34. The first-order valence-corrected chi connectivity index (χ1v) is 13.0. The first kappa shape index (κ1) is 24.3. The number of benzene rings is 6. The molecule has 0 aromatic heterocycles. The minimum absolute atomic E-state index is 0.544. The Bertz CT molecular complexity index is 1650. The molecule has 39 heavy (non-hydrogen) atoms. The van der Waals surface area contributed by atoms with Gasteiger partial charge in [-0.25, -0.2) is 0 Å². The second-order valence-corrected chi connectivity index (χ2v) is 9.50. The highest BCUT2D eigenvalue weighted by Gasteiger charge is 2.38. The van der Waals surface area contributed by atoms with Gasteiger partial charge in [0.25, 0.3) is 0 Å². The molecule has 0 saturated heterocycles. The summed E-state index contributed by atoms with van der Waals surface area (Å²) in [5.74, 6) is 1.55. The highest BCUT2D eigenvalue weighted by molar-refractivity contribution is 5.88. The lowest BCUT2D eigenvalue weighted by Crippen LogP contribution is -2.31. The zero-order valence-electron chi connectivity index (χ0n) is 21.6. The SMILES string of the molecule is C=COc1ccc2cc(C(c3ccccc3)(c3ccccc3)c3ccc4cc(OC=C)ccc4c3)ccc2c1. The minimum atomic E-state index is -0.544. The fourth-order valence-electron chi connectivity index (χ4n) is 5.63. The third kappa shape index (κ3) is 4.36. The van der Waals surface area contributed by atoms with Gasteiger partial charge in [0, 0.05) is 0 Å². The largest absolute Gasteiger partial charge is 0.466 e. The molecule has 0 spiro atoms. The maximum absolute atomic E-state index is 5.53. The van der Waals surface area contributed by atoms with Gasteiger partial charge in [-0.05, 0) is 80.2 Å². The molecule has 0 amide bonds. The van der Waals surface area contributed by atoms with Crippen LogP contribution in [0.15, 0.2) is 159 Å². The molecule has 0 atom stereocenters. The average Bonchev–Trinajstić information content (AvgIpc) is 2.99. The third-order valence-electron chi connectivity index (χ3n) is 7.34. The molecule has 0 aliphatic heterocycles. The molecule has 0 N–H and O–H groups in total. The van der Waals surface area contributed by atoms with Crippen LogP contribution in [0.3, 0.4) is 0 Å². The molecule has 188 valence electrons. The van der Waals surface area contributed by atoms with Crippen molar-refractivity contribution in [2.24, 2.45) is 0 Å². The Balaban J connectivity index is 1.65. The van der Waals surface area contributed by atoms with Crippen LogP contribution in [-0.4, -0.2) is 0 Å². The van der Waals surface area contributed by atoms with Gasteiger partial charge < -0.3 is 9.47 Å². The smallest absolute Gasteiger partial charge is 0.127 e. The predicted molar refractivity (Wildman–Crippen MR) is 161 cm³/mol. The van der Waals surface area contributed by atoms with Crippen molar-refractivity contribution < 1.29 is 9.47 Å². The van der Waals surface area contributed by atoms with Crippen molar-refractivity contribution in [3.05, 3.63) is 181 Å². The van der Waals surface area contributed by atoms with E-state index >= 15 is 0 Å². The van der Waals surface area contributed by atoms with Crippen LogP contribution < -0.4 is 9.47 Å². The number of ether oxygens (including phenoxy) is 2. The molecule has 0 saturated carbocycles. The van der Waals surface area contributed by atoms with Crippen LogP contribution in [0.1, 0.15) is 22.3 Å². The van der Waals surface area contributed by atoms with Crippen molar-refractivity contribution in [3.63, 3.8) is 0 Å². The summed E-state index contributed by atoms with van der Waals surface area (Å²) in [5.41, 5.74) is 4.24. The fourth-order valence-corrected chi connectivity index (χ4v) is 5.63. The summed E-state index contributed by atoms with van der Waals surface area (Å²) in [6.45, 7) is 7.37. The maximum Gasteiger partial charge on any atom is 0.127 e. The molecule has 0 bridgehead atoms. The highest BCUT2D eigenvalue weighted by Crippen LogP contribution is 2.46. The number of hydrogen-bond acceptors (Lipinski definition) is 2. The Morgan fingerprint density at radius 1 is 0.410 bits per heavy atom. The van der Waals surface area contributed by atoms with Gasteiger partial charge >= 0.3 is 0 Å². The lowest BCUT2D eigenvalue weighted by Gasteiger charge is -2.37. The molecule has 6 aromatic rings. The Morgan fingerprint density at radius 2 is 0.795 bits per heavy atom. The zero-order chi connectivity index (χ0) is 26.7. The topological polar surface area (TPSA) is 18.5 Å². The average molecular weight is 505 g/mol. The standard InChI is InChI=1S/C37H28O2/c1-3-38-35-21-17-27-23-33(19-15-29(27)25-35)37(31-11-7-5-8-12-31,32-13-9-6-10-14-32)34-20-16-30-26-36(39-4-2)22-18-28(30)24-34/h3-26H,1-2H2. The van der Waals surface area contributed by atoms with Crippen molar-refractivity contribution in [1.82, 2.24) is 0 Å². The summed E-state index contributed by atoms with van der Waals surface area (Å²) >= 11 is 0. The van der Waals surface area contributed by atoms with Crippen LogP contribution in [0.4, 0.5) is 0 Å². The number of hydrogen-bond donors (Lipinski definition) is 0. The first-order chi connectivity index (χ1) is 19.2. The number of fused-ring (bicyclic) bond motifs is 2. The summed E-state index contributed by atoms with van der Waals surface area (Å²) in [6.07, 6.45) is 2.91. The van der Waals surface area contributed by atoms with E-state index in [1.54, 1.807) is 0 Å². The first-order valence-electron chi connectivity index (χ1n) is 13.0. The molecule has 0 heterocycles. The van der Waals surface area contributed by atoms with Gasteiger partial charge in [-0.1, -0.05) is 110 Å². The van der Waals surface area contributed by atoms with E-state index in [2.05, 4.69) is 122 Å². The maximum atomic E-state index is 5.53. The molecule has 0 unspecified atom stereocenters. The fraction of sp³-hybridized carbons (Fsp3) is 0.0270. The van der Waals surface area contributed by atoms with Gasteiger partial charge in [0.15, 0.2) is 0 Å². The molecule has 0 aliphatic carbocycles. The molecule has 0 fully saturated rings. The van der Waals surface area contributed by atoms with Crippen LogP contribution in [0.25, 0.3) is 21.5 Å². The lowest BCUT2D eigenvalue weighted by molar-refractivity contribution is 0.484. The molecular formula is C37H28O2. The van der Waals surface area contributed by atoms with Crippen molar-refractivity contribution in [3.8, 4) is 11.5 Å². The molecule has 2 nitrogen and oxygen atoms in total. The van der Waals surface area contributed by atoms with Gasteiger partial charge in [0.05, 0.1) is 17.9 Å². The van der Waals surface area contributed by atoms with Crippen LogP contribution in [0, 0.1) is 0 Å². The van der Waals surface area contributed by atoms with Gasteiger partial charge in [0.2, 0.25) is 0 Å². The Morgan fingerprint density at radius 3 is 1.21 bits per heavy atom. The molecule has 6 rings (SSSR count). The van der Waals surface area contributed by atoms with Crippen LogP contribution in [0.2, 0.25) is 0 Å². The summed E-state index contributed by atoms with van der Waals surface area (Å²) in [6, 6.07) is 47.3. The molecule has 6 aromatic carbocycles. The predicted octanol–water partition coefficient (Wildman–Crippen LogP) is 9.42. The lowest BCUT2D eigenvalue weighted by atomic mass is 9.64. The van der Waals surface area contributed by atoms with Crippen LogP contribution >= 0.6 is 0 Å². The minimum Gasteiger partial charge on any atom is -0.466 e. The van der Waals surface area contributed by atoms with E-state index in [1.807, 2.05) is 24.3 Å². The van der Waals surface area contributed by atoms with Gasteiger partial charge in [0.1, 0.15) is 11.5 Å². The quantitative estimate of drug-likeness (QED) is 0.152. The Labute approximate surface area is 229 Å². The van der Waals surface area contributed by atoms with E-state index in [4.69, 9.17) is 9.47 Å². The zero-order valence-corrected chi connectivity index (χ0v) is 21.6. The van der Waals surface area contributed by atoms with Gasteiger partial charge in [-0.15, -0.1) is 0 Å². The van der Waals surface area contributed by atoms with E-state index in [-0.39, 0.29) is 0 Å². The Hall–Kier alpha value is -5.08. The second kappa shape index (κ2) is 10.4. The molecule has 0 aliphatic rings.